The maximum Gasteiger partial charge on any atom is 3.00 e. The second kappa shape index (κ2) is 25.1. The van der Waals surface area contributed by atoms with Crippen molar-refractivity contribution < 1.29 is 61.0 Å². The van der Waals surface area contributed by atoms with Gasteiger partial charge >= 0.3 is 38.2 Å². The fraction of sp³-hybridized carbons (Fsp3) is 0.778. The summed E-state index contributed by atoms with van der Waals surface area (Å²) in [6.07, 6.45) is 33.2. The molecule has 3 N–H and O–H groups in total. The molecular weight excluding hydrogens is 762 g/mol. The van der Waals surface area contributed by atoms with Gasteiger partial charge in [0.05, 0.1) is 18.1 Å². The van der Waals surface area contributed by atoms with Crippen molar-refractivity contribution in [1.29, 1.82) is 0 Å². The zero-order chi connectivity index (χ0) is 31.5. The number of nitroso groups, excluding NO2 is 1. The van der Waals surface area contributed by atoms with Crippen LogP contribution in [0.15, 0.2) is 51.3 Å². The molecule has 6 rings (SSSR count). The summed E-state index contributed by atoms with van der Waals surface area (Å²) in [4.78, 5) is 10.9. The Labute approximate surface area is 320 Å². The minimum atomic E-state index is 0. The van der Waals surface area contributed by atoms with Gasteiger partial charge in [0.15, 0.2) is 0 Å². The zero-order valence-corrected chi connectivity index (χ0v) is 31.2. The summed E-state index contributed by atoms with van der Waals surface area (Å²) in [6.45, 7) is 1.91. The number of piperidine rings is 2. The third-order valence-electron chi connectivity index (χ3n) is 10.5. The summed E-state index contributed by atoms with van der Waals surface area (Å²) in [6, 6.07) is 0.457. The van der Waals surface area contributed by atoms with E-state index in [-0.39, 0.29) is 62.7 Å². The summed E-state index contributed by atoms with van der Waals surface area (Å²) >= 11 is 0. The quantitative estimate of drug-likeness (QED) is 0.107. The number of rotatable bonds is 6. The van der Waals surface area contributed by atoms with Crippen LogP contribution in [0.4, 0.5) is 0 Å². The number of oxime groups is 2. The molecule has 3 aliphatic heterocycles. The van der Waals surface area contributed by atoms with Crippen LogP contribution in [0.25, 0.3) is 10.6 Å². The molecule has 0 aromatic rings. The van der Waals surface area contributed by atoms with E-state index in [1.807, 2.05) is 24.4 Å². The first-order chi connectivity index (χ1) is 22.2. The Kier molecular flexibility index (Phi) is 22.5. The molecule has 0 aromatic carbocycles. The molecule has 5 fully saturated rings. The molecule has 6 aliphatic rings. The predicted molar refractivity (Wildman–Crippen MR) is 187 cm³/mol. The molecule has 47 heavy (non-hydrogen) atoms. The normalized spacial score (nSPS) is 27.3. The van der Waals surface area contributed by atoms with Crippen LogP contribution in [0.2, 0.25) is 0 Å². The van der Waals surface area contributed by atoms with E-state index in [0.717, 1.165) is 55.9 Å². The number of halogens is 1. The maximum atomic E-state index is 10.9. The van der Waals surface area contributed by atoms with Gasteiger partial charge in [-0.1, -0.05) is 125 Å². The maximum absolute atomic E-state index is 10.9. The molecule has 3 aliphatic carbocycles. The molecule has 0 amide bonds. The number of allylic oxidation sites excluding steroid dienone is 4. The summed E-state index contributed by atoms with van der Waals surface area (Å²) in [5.41, 5.74) is 3.54. The number of hydrogen-bond acceptors (Lipinski definition) is 7. The molecule has 2 unspecified atom stereocenters. The van der Waals surface area contributed by atoms with Gasteiger partial charge in [-0.2, -0.15) is 0 Å². The smallest absolute Gasteiger partial charge is 0.655 e. The van der Waals surface area contributed by atoms with E-state index >= 15 is 0 Å². The second-order valence-electron chi connectivity index (χ2n) is 13.6. The molecule has 0 spiro atoms. The third-order valence-corrected chi connectivity index (χ3v) is 10.5. The molecule has 2 saturated heterocycles. The van der Waals surface area contributed by atoms with E-state index in [0.29, 0.717) is 23.5 Å². The molecule has 9 nitrogen and oxygen atoms in total. The molecule has 267 valence electrons. The molecule has 0 bridgehead atoms. The summed E-state index contributed by atoms with van der Waals surface area (Å²) in [7, 11) is 0. The fourth-order valence-electron chi connectivity index (χ4n) is 7.97. The predicted octanol–water partition coefficient (Wildman–Crippen LogP) is 9.33. The van der Waals surface area contributed by atoms with E-state index in [1.54, 1.807) is 0 Å². The van der Waals surface area contributed by atoms with Crippen LogP contribution < -0.4 is 5.32 Å². The van der Waals surface area contributed by atoms with E-state index in [9.17, 15) is 4.91 Å². The Morgan fingerprint density at radius 2 is 1.04 bits per heavy atom. The Hall–Kier alpha value is -0.957. The first-order valence-electron chi connectivity index (χ1n) is 18.2. The van der Waals surface area contributed by atoms with E-state index < -0.39 is 0 Å². The fourth-order valence-corrected chi connectivity index (χ4v) is 7.97. The van der Waals surface area contributed by atoms with Crippen LogP contribution in [0.3, 0.4) is 0 Å². The van der Waals surface area contributed by atoms with Gasteiger partial charge in [0.25, 0.3) is 0 Å². The van der Waals surface area contributed by atoms with Crippen molar-refractivity contribution in [3.63, 3.8) is 0 Å². The van der Waals surface area contributed by atoms with Crippen molar-refractivity contribution >= 4 is 11.4 Å². The molecule has 3 saturated carbocycles. The molecule has 3 heterocycles. The number of nitrogens with zero attached hydrogens (tertiary/aromatic N) is 5. The van der Waals surface area contributed by atoms with Crippen molar-refractivity contribution in [2.24, 2.45) is 33.2 Å². The van der Waals surface area contributed by atoms with Gasteiger partial charge in [0.2, 0.25) is 0 Å². The minimum absolute atomic E-state index is 0. The van der Waals surface area contributed by atoms with Gasteiger partial charge in [-0.05, 0) is 67.7 Å². The van der Waals surface area contributed by atoms with Crippen molar-refractivity contribution in [2.45, 2.75) is 147 Å². The van der Waals surface area contributed by atoms with Crippen LogP contribution in [0, 0.1) is 73.2 Å². The van der Waals surface area contributed by atoms with Crippen LogP contribution in [0.1, 0.15) is 135 Å². The first kappa shape index (κ1) is 42.2. The largest absolute Gasteiger partial charge is 3.00 e. The zero-order valence-electron chi connectivity index (χ0n) is 28.3. The summed E-state index contributed by atoms with van der Waals surface area (Å²) in [5, 5.41) is 40.9. The van der Waals surface area contributed by atoms with Crippen molar-refractivity contribution in [3.05, 3.63) is 51.4 Å². The van der Waals surface area contributed by atoms with Crippen LogP contribution in [-0.2, 0) is 0 Å². The standard InChI is InChI=1S/2C12H21N2O.C12H16N2O.ClH2.Dy/c3*15-14-12(10-6-2-1-3-7-10)11-8-4-5-9-13-11;;/h2*10-11,15H,1-9H2;4-5,8-10,13H,1-3,6-7H2;1H2;/q2*-1;;+1;+3/b2*14-12+;12-11-;;. The van der Waals surface area contributed by atoms with Crippen molar-refractivity contribution in [1.82, 2.24) is 5.32 Å². The topological polar surface area (TPSA) is 135 Å². The second-order valence-corrected chi connectivity index (χ2v) is 13.6. The van der Waals surface area contributed by atoms with Gasteiger partial charge < -0.3 is 26.4 Å². The van der Waals surface area contributed by atoms with E-state index in [2.05, 4.69) is 31.4 Å². The first-order valence-corrected chi connectivity index (χ1v) is 18.2. The van der Waals surface area contributed by atoms with Crippen molar-refractivity contribution in [2.75, 3.05) is 13.1 Å². The van der Waals surface area contributed by atoms with Gasteiger partial charge in [0, 0.05) is 23.5 Å². The molecule has 11 heteroatoms. The Balaban J connectivity index is 0.000000240. The van der Waals surface area contributed by atoms with Gasteiger partial charge in [-0.3, -0.25) is 0 Å². The summed E-state index contributed by atoms with van der Waals surface area (Å²) < 4.78 is 0. The van der Waals surface area contributed by atoms with Crippen LogP contribution in [0.5, 0.6) is 0 Å². The Morgan fingerprint density at radius 3 is 1.38 bits per heavy atom. The average Bonchev–Trinajstić information content (AvgIpc) is 3.13. The van der Waals surface area contributed by atoms with Crippen molar-refractivity contribution in [3.8, 4) is 0 Å². The Bertz CT molecular complexity index is 934. The molecule has 0 aromatic heterocycles. The SMILES string of the molecule is O/N=C(\C1CCCCC1)C1CCCC[N-]1.O/N=C(\C1CCCCC1)C1CCCC[N-]1.O=N/C(=C1/C=CC=CN1)C1CCCCC1.[ClH2+].[Dy+3]. The van der Waals surface area contributed by atoms with Gasteiger partial charge in [-0.15, -0.1) is 18.0 Å². The van der Waals surface area contributed by atoms with Crippen LogP contribution >= 0.6 is 0 Å². The van der Waals surface area contributed by atoms with Crippen LogP contribution in [-0.4, -0.2) is 47.0 Å². The minimum Gasteiger partial charge on any atom is -0.655 e. The summed E-state index contributed by atoms with van der Waals surface area (Å²) in [5.74, 6) is 1.38. The Morgan fingerprint density at radius 1 is 0.617 bits per heavy atom. The number of nitrogens with one attached hydrogen (secondary N) is 1. The van der Waals surface area contributed by atoms with E-state index in [4.69, 9.17) is 10.4 Å². The van der Waals surface area contributed by atoms with Gasteiger partial charge in [-0.25, -0.2) is 0 Å². The molecular formula is C36H60ClDyN6O3+2. The number of hydrogen-bond donors (Lipinski definition) is 3. The van der Waals surface area contributed by atoms with E-state index in [1.165, 1.54) is 109 Å². The third kappa shape index (κ3) is 14.1. The molecule has 2 atom stereocenters. The monoisotopic (exact) mass is 823 g/mol. The number of dihydropyridines is 1. The van der Waals surface area contributed by atoms with Gasteiger partial charge in [0.1, 0.15) is 5.70 Å². The molecule has 1 radical (unpaired) electrons. The average molecular weight is 823 g/mol.